The zero-order valence-electron chi connectivity index (χ0n) is 11.4. The molecule has 1 aromatic carbocycles. The van der Waals surface area contributed by atoms with Gasteiger partial charge in [-0.15, -0.1) is 5.76 Å². The Bertz CT molecular complexity index is 459. The summed E-state index contributed by atoms with van der Waals surface area (Å²) >= 11 is 0. The normalized spacial score (nSPS) is 15.8. The molecule has 0 spiro atoms. The van der Waals surface area contributed by atoms with E-state index in [-0.39, 0.29) is 40.9 Å². The minimum Gasteiger partial charge on any atom is -0.875 e. The number of carbonyl (C=O) groups is 1. The number of hydrogen-bond donors (Lipinski definition) is 0. The van der Waals surface area contributed by atoms with Crippen LogP contribution < -0.4 is 34.7 Å². The van der Waals surface area contributed by atoms with Gasteiger partial charge < -0.3 is 9.84 Å². The van der Waals surface area contributed by atoms with Crippen LogP contribution in [0, 0.1) is 0 Å². The molecule has 1 aromatic rings. The Labute approximate surface area is 135 Å². The van der Waals surface area contributed by atoms with E-state index < -0.39 is 5.97 Å². The second-order valence-corrected chi connectivity index (χ2v) is 4.34. The average molecular weight is 269 g/mol. The first-order valence-corrected chi connectivity index (χ1v) is 5.94. The van der Waals surface area contributed by atoms with E-state index in [4.69, 9.17) is 0 Å². The number of benzene rings is 1. The van der Waals surface area contributed by atoms with E-state index in [1.807, 2.05) is 30.3 Å². The molecule has 0 saturated heterocycles. The molecule has 0 unspecified atom stereocenters. The first-order chi connectivity index (χ1) is 8.70. The van der Waals surface area contributed by atoms with Crippen LogP contribution in [0.2, 0.25) is 0 Å². The van der Waals surface area contributed by atoms with Crippen molar-refractivity contribution in [1.29, 1.82) is 0 Å². The fraction of sp³-hybridized carbons (Fsp3) is 0.357. The third-order valence-electron chi connectivity index (χ3n) is 3.05. The van der Waals surface area contributed by atoms with Crippen molar-refractivity contribution in [3.05, 3.63) is 47.2 Å². The van der Waals surface area contributed by atoms with Crippen molar-refractivity contribution in [2.24, 2.45) is 0 Å². The summed E-state index contributed by atoms with van der Waals surface area (Å²) in [5, 5.41) is 11.6. The van der Waals surface area contributed by atoms with E-state index >= 15 is 0 Å². The van der Waals surface area contributed by atoms with Gasteiger partial charge in [-0.05, 0) is 12.0 Å². The van der Waals surface area contributed by atoms with Gasteiger partial charge in [-0.2, -0.15) is 0 Å². The fourth-order valence-corrected chi connectivity index (χ4v) is 2.08. The summed E-state index contributed by atoms with van der Waals surface area (Å²) in [6, 6.07) is 10.0. The fourth-order valence-electron chi connectivity index (χ4n) is 2.08. The van der Waals surface area contributed by atoms with Gasteiger partial charge in [-0.1, -0.05) is 30.3 Å². The molecule has 0 saturated carbocycles. The van der Waals surface area contributed by atoms with Gasteiger partial charge in [0, 0.05) is 25.2 Å². The molecular weight excluding hydrogens is 253 g/mol. The summed E-state index contributed by atoms with van der Waals surface area (Å²) in [5.41, 5.74) is 1.44. The third-order valence-corrected chi connectivity index (χ3v) is 3.05. The third kappa shape index (κ3) is 4.35. The van der Waals surface area contributed by atoms with Crippen LogP contribution in [0.25, 0.3) is 0 Å². The van der Waals surface area contributed by atoms with E-state index in [2.05, 4.69) is 9.64 Å². The standard InChI is InChI=1S/C14H17NO3.Na/c1-18-14(17)12-10-15(8-7-13(12)16)9-11-5-3-2-4-6-11;/h2-6,16H,7-10H2,1H3;/q;+1/p-1. The average Bonchev–Trinajstić information content (AvgIpc) is 2.41. The van der Waals surface area contributed by atoms with Crippen molar-refractivity contribution in [2.75, 3.05) is 20.2 Å². The van der Waals surface area contributed by atoms with Gasteiger partial charge in [0.25, 0.3) is 0 Å². The quantitative estimate of drug-likeness (QED) is 0.457. The van der Waals surface area contributed by atoms with Crippen molar-refractivity contribution in [3.63, 3.8) is 0 Å². The van der Waals surface area contributed by atoms with Gasteiger partial charge in [0.2, 0.25) is 0 Å². The van der Waals surface area contributed by atoms with Gasteiger partial charge in [0.15, 0.2) is 0 Å². The summed E-state index contributed by atoms with van der Waals surface area (Å²) in [6.45, 7) is 1.81. The van der Waals surface area contributed by atoms with Crippen molar-refractivity contribution in [1.82, 2.24) is 4.90 Å². The SMILES string of the molecule is COC(=O)C1=C([O-])CCN(Cc2ccccc2)C1.[Na+]. The molecule has 0 fully saturated rings. The smallest absolute Gasteiger partial charge is 0.875 e. The maximum absolute atomic E-state index is 11.6. The molecule has 1 aliphatic heterocycles. The molecule has 4 nitrogen and oxygen atoms in total. The first kappa shape index (κ1) is 16.2. The second kappa shape index (κ2) is 7.70. The Hall–Kier alpha value is -0.810. The number of esters is 1. The molecule has 2 rings (SSSR count). The zero-order chi connectivity index (χ0) is 13.0. The molecule has 0 aromatic heterocycles. The van der Waals surface area contributed by atoms with Crippen molar-refractivity contribution in [3.8, 4) is 0 Å². The van der Waals surface area contributed by atoms with E-state index in [0.29, 0.717) is 19.5 Å². The van der Waals surface area contributed by atoms with E-state index in [1.54, 1.807) is 0 Å². The van der Waals surface area contributed by atoms with Crippen LogP contribution in [0.3, 0.4) is 0 Å². The van der Waals surface area contributed by atoms with Crippen molar-refractivity contribution in [2.45, 2.75) is 13.0 Å². The van der Waals surface area contributed by atoms with Gasteiger partial charge in [0.05, 0.1) is 7.11 Å². The van der Waals surface area contributed by atoms with Gasteiger partial charge in [-0.3, -0.25) is 4.90 Å². The van der Waals surface area contributed by atoms with Crippen LogP contribution in [0.1, 0.15) is 12.0 Å². The summed E-state index contributed by atoms with van der Waals surface area (Å²) in [7, 11) is 1.30. The molecule has 1 heterocycles. The minimum atomic E-state index is -0.502. The molecular formula is C14H16NNaO3. The number of carbonyl (C=O) groups excluding carboxylic acids is 1. The molecule has 0 aliphatic carbocycles. The predicted molar refractivity (Wildman–Crippen MR) is 65.4 cm³/mol. The van der Waals surface area contributed by atoms with Crippen molar-refractivity contribution >= 4 is 5.97 Å². The van der Waals surface area contributed by atoms with Gasteiger partial charge >= 0.3 is 35.5 Å². The molecule has 0 N–H and O–H groups in total. The van der Waals surface area contributed by atoms with Crippen LogP contribution in [0.15, 0.2) is 41.7 Å². The molecule has 96 valence electrons. The summed E-state index contributed by atoms with van der Waals surface area (Å²) in [4.78, 5) is 13.6. The largest absolute Gasteiger partial charge is 1.00 e. The minimum absolute atomic E-state index is 0. The maximum Gasteiger partial charge on any atom is 1.00 e. The van der Waals surface area contributed by atoms with Crippen molar-refractivity contribution < 1.29 is 44.2 Å². The molecule has 0 radical (unpaired) electrons. The summed E-state index contributed by atoms with van der Waals surface area (Å²) in [6.07, 6.45) is 0.386. The molecule has 5 heteroatoms. The zero-order valence-corrected chi connectivity index (χ0v) is 13.4. The van der Waals surface area contributed by atoms with Crippen LogP contribution >= 0.6 is 0 Å². The second-order valence-electron chi connectivity index (χ2n) is 4.34. The van der Waals surface area contributed by atoms with E-state index in [9.17, 15) is 9.90 Å². The van der Waals surface area contributed by atoms with Gasteiger partial charge in [0.1, 0.15) is 0 Å². The number of rotatable bonds is 3. The van der Waals surface area contributed by atoms with E-state index in [1.165, 1.54) is 12.7 Å². The Morgan fingerprint density at radius 2 is 2.05 bits per heavy atom. The molecule has 1 aliphatic rings. The molecule has 19 heavy (non-hydrogen) atoms. The Balaban J connectivity index is 0.00000180. The Kier molecular flexibility index (Phi) is 6.58. The van der Waals surface area contributed by atoms with E-state index in [0.717, 1.165) is 6.54 Å². The molecule has 0 bridgehead atoms. The Morgan fingerprint density at radius 3 is 2.68 bits per heavy atom. The number of hydrogen-bond acceptors (Lipinski definition) is 4. The van der Waals surface area contributed by atoms with Crippen LogP contribution in [0.4, 0.5) is 0 Å². The van der Waals surface area contributed by atoms with Gasteiger partial charge in [-0.25, -0.2) is 4.79 Å². The van der Waals surface area contributed by atoms with Crippen LogP contribution in [-0.4, -0.2) is 31.1 Å². The topological polar surface area (TPSA) is 52.6 Å². The number of ether oxygens (including phenoxy) is 1. The Morgan fingerprint density at radius 1 is 1.37 bits per heavy atom. The van der Waals surface area contributed by atoms with Crippen LogP contribution in [-0.2, 0) is 16.1 Å². The molecule has 0 atom stereocenters. The number of nitrogens with zero attached hydrogens (tertiary/aromatic N) is 1. The summed E-state index contributed by atoms with van der Waals surface area (Å²) in [5.74, 6) is -0.594. The predicted octanol–water partition coefficient (Wildman–Crippen LogP) is -2.32. The maximum atomic E-state index is 11.6. The first-order valence-electron chi connectivity index (χ1n) is 5.94. The van der Waals surface area contributed by atoms with Crippen LogP contribution in [0.5, 0.6) is 0 Å². The number of methoxy groups -OCH3 is 1. The summed E-state index contributed by atoms with van der Waals surface area (Å²) < 4.78 is 4.64. The molecule has 0 amide bonds. The monoisotopic (exact) mass is 269 g/mol.